The average Bonchev–Trinajstić information content (AvgIpc) is 3.48. The summed E-state index contributed by atoms with van der Waals surface area (Å²) in [6.07, 6.45) is 6.38. The highest BCUT2D eigenvalue weighted by Gasteiger charge is 2.24. The van der Waals surface area contributed by atoms with Crippen LogP contribution in [-0.4, -0.2) is 52.5 Å². The molecule has 1 aliphatic heterocycles. The summed E-state index contributed by atoms with van der Waals surface area (Å²) in [7, 11) is 0. The van der Waals surface area contributed by atoms with Crippen molar-refractivity contribution < 1.29 is 4.39 Å². The first-order valence-electron chi connectivity index (χ1n) is 14.9. The minimum Gasteiger partial charge on any atom is -0.383 e. The van der Waals surface area contributed by atoms with Gasteiger partial charge in [0.15, 0.2) is 11.5 Å². The first-order valence-corrected chi connectivity index (χ1v) is 14.9. The van der Waals surface area contributed by atoms with Gasteiger partial charge in [0.05, 0.1) is 28.8 Å². The van der Waals surface area contributed by atoms with Crippen LogP contribution < -0.4 is 5.73 Å². The van der Waals surface area contributed by atoms with Crippen LogP contribution in [0.2, 0.25) is 0 Å². The number of nitrogens with zero attached hydrogens (tertiary/aromatic N) is 9. The SMILES string of the molecule is C=C(c1ccnc(C#N)n1)C1CCN(Cc2ccc(-n3c(-c4cccnc4N)nc4ccc(-c5ccc(F)cn5)nc43)cc2)CC1. The second kappa shape index (κ2) is 12.3. The zero-order valence-electron chi connectivity index (χ0n) is 24.9. The third-order valence-corrected chi connectivity index (χ3v) is 8.34. The van der Waals surface area contributed by atoms with E-state index in [1.54, 1.807) is 18.5 Å². The number of aromatic nitrogens is 7. The number of imidazole rings is 1. The molecule has 2 N–H and O–H groups in total. The molecule has 1 saturated heterocycles. The number of hydrogen-bond donors (Lipinski definition) is 1. The molecule has 11 heteroatoms. The van der Waals surface area contributed by atoms with Crippen molar-refractivity contribution in [3.8, 4) is 34.5 Å². The number of fused-ring (bicyclic) bond motifs is 1. The third-order valence-electron chi connectivity index (χ3n) is 8.34. The Labute approximate surface area is 264 Å². The van der Waals surface area contributed by atoms with Gasteiger partial charge in [-0.1, -0.05) is 18.7 Å². The maximum atomic E-state index is 13.6. The van der Waals surface area contributed by atoms with Crippen LogP contribution >= 0.6 is 0 Å². The van der Waals surface area contributed by atoms with Gasteiger partial charge in [0, 0.05) is 24.6 Å². The second-order valence-electron chi connectivity index (χ2n) is 11.2. The van der Waals surface area contributed by atoms with E-state index in [9.17, 15) is 4.39 Å². The molecule has 46 heavy (non-hydrogen) atoms. The van der Waals surface area contributed by atoms with Gasteiger partial charge in [-0.25, -0.2) is 29.3 Å². The minimum absolute atomic E-state index is 0.167. The van der Waals surface area contributed by atoms with Gasteiger partial charge in [-0.2, -0.15) is 5.26 Å². The van der Waals surface area contributed by atoms with Crippen LogP contribution in [-0.2, 0) is 6.54 Å². The number of benzene rings is 1. The van der Waals surface area contributed by atoms with E-state index >= 15 is 0 Å². The van der Waals surface area contributed by atoms with Gasteiger partial charge < -0.3 is 5.73 Å². The van der Waals surface area contributed by atoms with Crippen LogP contribution in [0.1, 0.15) is 29.9 Å². The minimum atomic E-state index is -0.406. The van der Waals surface area contributed by atoms with Gasteiger partial charge in [0.1, 0.15) is 23.2 Å². The third kappa shape index (κ3) is 5.69. The maximum Gasteiger partial charge on any atom is 0.232 e. The van der Waals surface area contributed by atoms with E-state index in [2.05, 4.69) is 55.7 Å². The smallest absolute Gasteiger partial charge is 0.232 e. The summed E-state index contributed by atoms with van der Waals surface area (Å²) in [6.45, 7) is 6.97. The zero-order chi connectivity index (χ0) is 31.6. The Morgan fingerprint density at radius 3 is 2.46 bits per heavy atom. The van der Waals surface area contributed by atoms with Gasteiger partial charge in [-0.3, -0.25) is 14.5 Å². The number of nitrogen functional groups attached to an aromatic ring is 1. The van der Waals surface area contributed by atoms with Gasteiger partial charge in [-0.05, 0) is 97.6 Å². The fourth-order valence-corrected chi connectivity index (χ4v) is 5.91. The van der Waals surface area contributed by atoms with Crippen LogP contribution in [0.5, 0.6) is 0 Å². The number of piperidine rings is 1. The Hall–Kier alpha value is -5.86. The lowest BCUT2D eigenvalue weighted by molar-refractivity contribution is 0.199. The number of nitrogens with two attached hydrogens (primary N) is 1. The summed E-state index contributed by atoms with van der Waals surface area (Å²) >= 11 is 0. The van der Waals surface area contributed by atoms with Crippen LogP contribution in [0, 0.1) is 23.1 Å². The number of rotatable bonds is 7. The summed E-state index contributed by atoms with van der Waals surface area (Å²) in [5, 5.41) is 9.15. The quantitative estimate of drug-likeness (QED) is 0.237. The molecule has 10 nitrogen and oxygen atoms in total. The molecule has 226 valence electrons. The lowest BCUT2D eigenvalue weighted by Gasteiger charge is -2.32. The molecule has 0 atom stereocenters. The fourth-order valence-electron chi connectivity index (χ4n) is 5.91. The van der Waals surface area contributed by atoms with Crippen molar-refractivity contribution in [3.63, 3.8) is 0 Å². The molecular weight excluding hydrogens is 579 g/mol. The predicted molar refractivity (Wildman–Crippen MR) is 173 cm³/mol. The number of likely N-dealkylation sites (tertiary alicyclic amines) is 1. The molecule has 0 unspecified atom stereocenters. The highest BCUT2D eigenvalue weighted by Crippen LogP contribution is 2.33. The van der Waals surface area contributed by atoms with Crippen molar-refractivity contribution in [2.45, 2.75) is 19.4 Å². The largest absolute Gasteiger partial charge is 0.383 e. The standard InChI is InChI=1S/C35H29FN10/c1-22(28-12-16-39-32(19-37)42-28)24-13-17-45(18-14-24)21-23-4-7-26(8-5-23)46-34(27-3-2-15-40-33(27)38)44-31-11-10-30(43-35(31)46)29-9-6-25(36)20-41-29/h2-12,15-16,20,24H,1,13-14,17-18,21H2,(H2,38,40). The molecule has 0 bridgehead atoms. The van der Waals surface area contributed by atoms with Crippen molar-refractivity contribution in [3.05, 3.63) is 115 Å². The molecule has 1 aromatic carbocycles. The fraction of sp³-hybridized carbons (Fsp3) is 0.171. The maximum absolute atomic E-state index is 13.6. The molecule has 5 aromatic heterocycles. The van der Waals surface area contributed by atoms with Crippen molar-refractivity contribution in [2.24, 2.45) is 5.92 Å². The van der Waals surface area contributed by atoms with Gasteiger partial charge in [0.25, 0.3) is 0 Å². The molecular formula is C35H29FN10. The van der Waals surface area contributed by atoms with Crippen LogP contribution in [0.4, 0.5) is 10.2 Å². The highest BCUT2D eigenvalue weighted by molar-refractivity contribution is 5.84. The number of pyridine rings is 3. The van der Waals surface area contributed by atoms with E-state index in [1.165, 1.54) is 17.8 Å². The molecule has 7 rings (SSSR count). The lowest BCUT2D eigenvalue weighted by Crippen LogP contribution is -2.33. The van der Waals surface area contributed by atoms with Crippen molar-refractivity contribution in [2.75, 3.05) is 18.8 Å². The Kier molecular flexibility index (Phi) is 7.70. The number of nitriles is 1. The molecule has 6 heterocycles. The van der Waals surface area contributed by atoms with E-state index in [0.29, 0.717) is 45.7 Å². The van der Waals surface area contributed by atoms with Crippen molar-refractivity contribution >= 4 is 22.6 Å². The number of allylic oxidation sites excluding steroid dienone is 1. The predicted octanol–water partition coefficient (Wildman–Crippen LogP) is 5.85. The zero-order valence-corrected chi connectivity index (χ0v) is 24.9. The molecule has 1 aliphatic rings. The van der Waals surface area contributed by atoms with E-state index in [0.717, 1.165) is 49.4 Å². The first-order chi connectivity index (χ1) is 22.5. The lowest BCUT2D eigenvalue weighted by atomic mass is 9.88. The molecule has 0 radical (unpaired) electrons. The Balaban J connectivity index is 1.14. The van der Waals surface area contributed by atoms with Crippen LogP contribution in [0.3, 0.4) is 0 Å². The van der Waals surface area contributed by atoms with E-state index in [-0.39, 0.29) is 5.82 Å². The highest BCUT2D eigenvalue weighted by atomic mass is 19.1. The van der Waals surface area contributed by atoms with Gasteiger partial charge >= 0.3 is 0 Å². The second-order valence-corrected chi connectivity index (χ2v) is 11.2. The Morgan fingerprint density at radius 2 is 1.72 bits per heavy atom. The Bertz CT molecular complexity index is 2090. The first kappa shape index (κ1) is 28.9. The van der Waals surface area contributed by atoms with Gasteiger partial charge in [0.2, 0.25) is 5.82 Å². The number of hydrogen-bond acceptors (Lipinski definition) is 9. The van der Waals surface area contributed by atoms with E-state index in [4.69, 9.17) is 21.0 Å². The summed E-state index contributed by atoms with van der Waals surface area (Å²) < 4.78 is 15.5. The molecule has 0 spiro atoms. The summed E-state index contributed by atoms with van der Waals surface area (Å²) in [6, 6.07) is 22.6. The molecule has 0 amide bonds. The van der Waals surface area contributed by atoms with Crippen LogP contribution in [0.15, 0.2) is 91.9 Å². The van der Waals surface area contributed by atoms with E-state index < -0.39 is 5.82 Å². The monoisotopic (exact) mass is 608 g/mol. The molecule has 0 aliphatic carbocycles. The summed E-state index contributed by atoms with van der Waals surface area (Å²) in [5.74, 6) is 1.07. The van der Waals surface area contributed by atoms with Gasteiger partial charge in [-0.15, -0.1) is 0 Å². The molecule has 1 fully saturated rings. The Morgan fingerprint density at radius 1 is 0.913 bits per heavy atom. The van der Waals surface area contributed by atoms with Crippen molar-refractivity contribution in [1.82, 2.24) is 39.4 Å². The molecule has 6 aromatic rings. The van der Waals surface area contributed by atoms with E-state index in [1.807, 2.05) is 41.0 Å². The number of anilines is 1. The average molecular weight is 609 g/mol. The van der Waals surface area contributed by atoms with Crippen molar-refractivity contribution in [1.29, 1.82) is 5.26 Å². The summed E-state index contributed by atoms with van der Waals surface area (Å²) in [5.41, 5.74) is 13.2. The molecule has 0 saturated carbocycles. The van der Waals surface area contributed by atoms with Crippen LogP contribution in [0.25, 0.3) is 45.2 Å². The summed E-state index contributed by atoms with van der Waals surface area (Å²) in [4.78, 5) is 29.1. The number of halogens is 1. The normalized spacial score (nSPS) is 13.9. The topological polar surface area (TPSA) is 135 Å².